The molecule has 0 unspecified atom stereocenters. The molecule has 1 aromatic rings. The summed E-state index contributed by atoms with van der Waals surface area (Å²) in [5, 5.41) is 6.05. The molecule has 2 N–H and O–H groups in total. The third-order valence-corrected chi connectivity index (χ3v) is 1.52. The molecule has 0 saturated heterocycles. The first kappa shape index (κ1) is 9.16. The predicted molar refractivity (Wildman–Crippen MR) is 47.2 cm³/mol. The van der Waals surface area contributed by atoms with Gasteiger partial charge in [-0.25, -0.2) is 4.39 Å². The molecule has 0 amide bonds. The van der Waals surface area contributed by atoms with Gasteiger partial charge in [0.2, 0.25) is 0 Å². The molecule has 3 heteroatoms. The van der Waals surface area contributed by atoms with Crippen LogP contribution in [0.25, 0.3) is 0 Å². The van der Waals surface area contributed by atoms with Crippen LogP contribution in [-0.4, -0.2) is 13.7 Å². The second kappa shape index (κ2) is 4.85. The van der Waals surface area contributed by atoms with Gasteiger partial charge in [0, 0.05) is 13.2 Å². The molecular weight excluding hydrogens is 155 g/mol. The van der Waals surface area contributed by atoms with E-state index in [-0.39, 0.29) is 5.82 Å². The molecule has 66 valence electrons. The summed E-state index contributed by atoms with van der Waals surface area (Å²) in [4.78, 5) is 0. The number of rotatable bonds is 4. The number of hydrogen-bond donors (Lipinski definition) is 2. The Kier molecular flexibility index (Phi) is 3.70. The summed E-state index contributed by atoms with van der Waals surface area (Å²) in [6.07, 6.45) is 0. The minimum Gasteiger partial charge on any atom is -0.308 e. The highest BCUT2D eigenvalue weighted by atomic mass is 19.1. The Labute approximate surface area is 71.8 Å². The lowest BCUT2D eigenvalue weighted by molar-refractivity contribution is 0.610. The third kappa shape index (κ3) is 2.98. The summed E-state index contributed by atoms with van der Waals surface area (Å²) in [7, 11) is 1.86. The van der Waals surface area contributed by atoms with Crippen LogP contribution in [0.5, 0.6) is 0 Å². The van der Waals surface area contributed by atoms with Crippen molar-refractivity contribution in [3.05, 3.63) is 35.6 Å². The van der Waals surface area contributed by atoms with Crippen LogP contribution in [-0.2, 0) is 6.54 Å². The minimum atomic E-state index is -0.182. The van der Waals surface area contributed by atoms with Crippen LogP contribution in [0.4, 0.5) is 4.39 Å². The summed E-state index contributed by atoms with van der Waals surface area (Å²) in [5.41, 5.74) is 0.963. The average Bonchev–Trinajstić information content (AvgIpc) is 2.05. The van der Waals surface area contributed by atoms with Gasteiger partial charge in [0.25, 0.3) is 0 Å². The Morgan fingerprint density at radius 3 is 2.92 bits per heavy atom. The van der Waals surface area contributed by atoms with Gasteiger partial charge in [-0.1, -0.05) is 12.1 Å². The van der Waals surface area contributed by atoms with E-state index in [1.807, 2.05) is 13.1 Å². The lowest BCUT2D eigenvalue weighted by Crippen LogP contribution is -2.25. The molecule has 0 fully saturated rings. The first-order valence-electron chi connectivity index (χ1n) is 3.92. The van der Waals surface area contributed by atoms with Gasteiger partial charge >= 0.3 is 0 Å². The van der Waals surface area contributed by atoms with Gasteiger partial charge < -0.3 is 10.6 Å². The monoisotopic (exact) mass is 168 g/mol. The van der Waals surface area contributed by atoms with E-state index in [4.69, 9.17) is 0 Å². The molecule has 0 aliphatic carbocycles. The van der Waals surface area contributed by atoms with Crippen LogP contribution in [0.3, 0.4) is 0 Å². The fourth-order valence-electron chi connectivity index (χ4n) is 0.979. The normalized spacial score (nSPS) is 10.2. The molecule has 0 spiro atoms. The second-order valence-electron chi connectivity index (χ2n) is 2.59. The van der Waals surface area contributed by atoms with Crippen molar-refractivity contribution < 1.29 is 4.39 Å². The Bertz CT molecular complexity index is 238. The molecule has 0 saturated carbocycles. The largest absolute Gasteiger partial charge is 0.308 e. The van der Waals surface area contributed by atoms with Crippen LogP contribution < -0.4 is 10.6 Å². The SMILES string of the molecule is CNCNCc1cccc(F)c1. The first-order valence-corrected chi connectivity index (χ1v) is 3.92. The van der Waals surface area contributed by atoms with Crippen molar-refractivity contribution in [2.24, 2.45) is 0 Å². The second-order valence-corrected chi connectivity index (χ2v) is 2.59. The van der Waals surface area contributed by atoms with Gasteiger partial charge in [0.1, 0.15) is 5.82 Å². The maximum atomic E-state index is 12.6. The van der Waals surface area contributed by atoms with Crippen LogP contribution >= 0.6 is 0 Å². The summed E-state index contributed by atoms with van der Waals surface area (Å²) in [6.45, 7) is 1.43. The first-order chi connectivity index (χ1) is 5.83. The summed E-state index contributed by atoms with van der Waals surface area (Å²) in [6, 6.07) is 6.59. The van der Waals surface area contributed by atoms with Gasteiger partial charge in [-0.3, -0.25) is 0 Å². The Balaban J connectivity index is 2.41. The lowest BCUT2D eigenvalue weighted by Gasteiger charge is -2.03. The molecule has 0 bridgehead atoms. The summed E-state index contributed by atoms with van der Waals surface area (Å²) < 4.78 is 12.6. The van der Waals surface area contributed by atoms with Gasteiger partial charge in [-0.15, -0.1) is 0 Å². The Morgan fingerprint density at radius 1 is 1.42 bits per heavy atom. The Morgan fingerprint density at radius 2 is 2.25 bits per heavy atom. The minimum absolute atomic E-state index is 0.182. The van der Waals surface area contributed by atoms with Crippen LogP contribution in [0.1, 0.15) is 5.56 Å². The van der Waals surface area contributed by atoms with Crippen molar-refractivity contribution in [3.8, 4) is 0 Å². The van der Waals surface area contributed by atoms with E-state index in [9.17, 15) is 4.39 Å². The van der Waals surface area contributed by atoms with Crippen LogP contribution in [0.15, 0.2) is 24.3 Å². The quantitative estimate of drug-likeness (QED) is 0.519. The number of benzene rings is 1. The predicted octanol–water partition coefficient (Wildman–Crippen LogP) is 1.09. The maximum absolute atomic E-state index is 12.6. The van der Waals surface area contributed by atoms with E-state index >= 15 is 0 Å². The molecule has 0 atom stereocenters. The van der Waals surface area contributed by atoms with Crippen molar-refractivity contribution in [2.45, 2.75) is 6.54 Å². The van der Waals surface area contributed by atoms with Gasteiger partial charge in [0.05, 0.1) is 0 Å². The van der Waals surface area contributed by atoms with Crippen LogP contribution in [0, 0.1) is 5.82 Å². The van der Waals surface area contributed by atoms with E-state index in [2.05, 4.69) is 10.6 Å². The highest BCUT2D eigenvalue weighted by Gasteiger charge is 1.92. The van der Waals surface area contributed by atoms with E-state index in [1.165, 1.54) is 12.1 Å². The lowest BCUT2D eigenvalue weighted by atomic mass is 10.2. The molecule has 2 nitrogen and oxygen atoms in total. The zero-order valence-corrected chi connectivity index (χ0v) is 7.10. The molecule has 1 aromatic carbocycles. The standard InChI is InChI=1S/C9H13FN2/c1-11-7-12-6-8-3-2-4-9(10)5-8/h2-5,11-12H,6-7H2,1H3. The van der Waals surface area contributed by atoms with Crippen molar-refractivity contribution in [1.82, 2.24) is 10.6 Å². The Hall–Kier alpha value is -0.930. The highest BCUT2D eigenvalue weighted by Crippen LogP contribution is 2.02. The fourth-order valence-corrected chi connectivity index (χ4v) is 0.979. The number of nitrogens with one attached hydrogen (secondary N) is 2. The van der Waals surface area contributed by atoms with Crippen molar-refractivity contribution >= 4 is 0 Å². The summed E-state index contributed by atoms with van der Waals surface area (Å²) in [5.74, 6) is -0.182. The topological polar surface area (TPSA) is 24.1 Å². The van der Waals surface area contributed by atoms with Crippen LogP contribution in [0.2, 0.25) is 0 Å². The molecule has 1 rings (SSSR count). The molecule has 0 radical (unpaired) electrons. The molecule has 0 aromatic heterocycles. The maximum Gasteiger partial charge on any atom is 0.123 e. The van der Waals surface area contributed by atoms with Crippen molar-refractivity contribution in [1.29, 1.82) is 0 Å². The van der Waals surface area contributed by atoms with Gasteiger partial charge in [-0.2, -0.15) is 0 Å². The number of halogens is 1. The average molecular weight is 168 g/mol. The highest BCUT2D eigenvalue weighted by molar-refractivity contribution is 5.15. The van der Waals surface area contributed by atoms with Gasteiger partial charge in [0.15, 0.2) is 0 Å². The third-order valence-electron chi connectivity index (χ3n) is 1.52. The van der Waals surface area contributed by atoms with E-state index < -0.39 is 0 Å². The van der Waals surface area contributed by atoms with Gasteiger partial charge in [-0.05, 0) is 24.7 Å². The molecule has 0 heterocycles. The molecule has 12 heavy (non-hydrogen) atoms. The molecule has 0 aliphatic rings. The molecule has 0 aliphatic heterocycles. The van der Waals surface area contributed by atoms with Crippen molar-refractivity contribution in [2.75, 3.05) is 13.7 Å². The zero-order valence-electron chi connectivity index (χ0n) is 7.10. The fraction of sp³-hybridized carbons (Fsp3) is 0.333. The van der Waals surface area contributed by atoms with E-state index in [0.717, 1.165) is 12.2 Å². The van der Waals surface area contributed by atoms with E-state index in [0.29, 0.717) is 6.54 Å². The van der Waals surface area contributed by atoms with E-state index in [1.54, 1.807) is 6.07 Å². The zero-order chi connectivity index (χ0) is 8.81. The number of hydrogen-bond acceptors (Lipinski definition) is 2. The smallest absolute Gasteiger partial charge is 0.123 e. The molecular formula is C9H13FN2. The summed E-state index contributed by atoms with van der Waals surface area (Å²) >= 11 is 0. The van der Waals surface area contributed by atoms with Crippen molar-refractivity contribution in [3.63, 3.8) is 0 Å².